The van der Waals surface area contributed by atoms with Crippen molar-refractivity contribution in [1.29, 1.82) is 0 Å². The van der Waals surface area contributed by atoms with Crippen LogP contribution in [0.25, 0.3) is 11.1 Å². The molecule has 3 aromatic rings. The first kappa shape index (κ1) is 26.9. The summed E-state index contributed by atoms with van der Waals surface area (Å²) in [5.41, 5.74) is 0.895. The van der Waals surface area contributed by atoms with E-state index in [4.69, 9.17) is 4.74 Å². The smallest absolute Gasteiger partial charge is 0.258 e. The molecule has 2 atom stereocenters. The molecule has 0 spiro atoms. The van der Waals surface area contributed by atoms with E-state index >= 15 is 4.39 Å². The Balaban J connectivity index is 1.52. The lowest BCUT2D eigenvalue weighted by atomic mass is 10.0. The van der Waals surface area contributed by atoms with Gasteiger partial charge >= 0.3 is 0 Å². The number of piperazine rings is 1. The Morgan fingerprint density at radius 1 is 0.974 bits per heavy atom. The molecule has 0 radical (unpaired) electrons. The van der Waals surface area contributed by atoms with E-state index in [2.05, 4.69) is 34.0 Å². The van der Waals surface area contributed by atoms with Crippen LogP contribution in [-0.4, -0.2) is 79.3 Å². The maximum absolute atomic E-state index is 15.6. The lowest BCUT2D eigenvalue weighted by molar-refractivity contribution is 0.102. The lowest BCUT2D eigenvalue weighted by Gasteiger charge is -2.44. The summed E-state index contributed by atoms with van der Waals surface area (Å²) in [7, 11) is 2.03. The number of carbonyl (C=O) groups excluding carboxylic acids is 1. The standard InChI is InChI=1S/C28H31F3N6O2/c1-17-15-37(16-18(2)35(17)3)25-12-23(30)21(19-13-32-28(33-14-19)36-7-9-39-10-8-36)11-24(25)34-27(38)20-5-4-6-22(29)26(20)31/h4-6,11-14,17-18H,7-10,15-16H2,1-3H3,(H,34,38). The minimum Gasteiger partial charge on any atom is -0.378 e. The van der Waals surface area contributed by atoms with E-state index in [0.29, 0.717) is 56.6 Å². The zero-order valence-electron chi connectivity index (χ0n) is 22.1. The molecule has 11 heteroatoms. The Morgan fingerprint density at radius 2 is 1.64 bits per heavy atom. The van der Waals surface area contributed by atoms with Crippen LogP contribution >= 0.6 is 0 Å². The molecule has 206 valence electrons. The molecular formula is C28H31F3N6O2. The monoisotopic (exact) mass is 540 g/mol. The molecule has 0 saturated carbocycles. The van der Waals surface area contributed by atoms with E-state index in [1.165, 1.54) is 36.7 Å². The van der Waals surface area contributed by atoms with Gasteiger partial charge in [-0.05, 0) is 45.2 Å². The van der Waals surface area contributed by atoms with Crippen molar-refractivity contribution >= 4 is 23.2 Å². The summed E-state index contributed by atoms with van der Waals surface area (Å²) in [6.45, 7) is 7.82. The molecule has 2 fully saturated rings. The van der Waals surface area contributed by atoms with Gasteiger partial charge in [0.1, 0.15) is 5.82 Å². The van der Waals surface area contributed by atoms with Crippen molar-refractivity contribution in [3.05, 3.63) is 65.7 Å². The van der Waals surface area contributed by atoms with Gasteiger partial charge in [0, 0.05) is 61.8 Å². The number of halogens is 3. The topological polar surface area (TPSA) is 73.8 Å². The third-order valence-corrected chi connectivity index (χ3v) is 7.47. The number of likely N-dealkylation sites (N-methyl/N-ethyl adjacent to an activating group) is 1. The van der Waals surface area contributed by atoms with Crippen molar-refractivity contribution in [2.24, 2.45) is 0 Å². The van der Waals surface area contributed by atoms with Crippen molar-refractivity contribution < 1.29 is 22.7 Å². The van der Waals surface area contributed by atoms with E-state index < -0.39 is 28.9 Å². The summed E-state index contributed by atoms with van der Waals surface area (Å²) < 4.78 is 49.3. The fourth-order valence-electron chi connectivity index (χ4n) is 5.00. The zero-order chi connectivity index (χ0) is 27.7. The van der Waals surface area contributed by atoms with Gasteiger partial charge in [-0.25, -0.2) is 23.1 Å². The van der Waals surface area contributed by atoms with Crippen LogP contribution in [0.1, 0.15) is 24.2 Å². The highest BCUT2D eigenvalue weighted by molar-refractivity contribution is 6.06. The van der Waals surface area contributed by atoms with Crippen LogP contribution in [0.15, 0.2) is 42.7 Å². The number of amides is 1. The SMILES string of the molecule is CC1CN(c2cc(F)c(-c3cnc(N4CCOCC4)nc3)cc2NC(=O)c2cccc(F)c2F)CC(C)N1C. The van der Waals surface area contributed by atoms with Crippen LogP contribution in [-0.2, 0) is 4.74 Å². The van der Waals surface area contributed by atoms with Gasteiger partial charge in [-0.3, -0.25) is 9.69 Å². The summed E-state index contributed by atoms with van der Waals surface area (Å²) in [5, 5.41) is 2.70. The Kier molecular flexibility index (Phi) is 7.72. The molecule has 2 aromatic carbocycles. The number of ether oxygens (including phenoxy) is 1. The first-order valence-corrected chi connectivity index (χ1v) is 12.9. The number of morpholine rings is 1. The van der Waals surface area contributed by atoms with Gasteiger partial charge in [0.2, 0.25) is 5.95 Å². The summed E-state index contributed by atoms with van der Waals surface area (Å²) in [6, 6.07) is 6.62. The Labute approximate surface area is 225 Å². The van der Waals surface area contributed by atoms with Crippen LogP contribution in [0.4, 0.5) is 30.5 Å². The third kappa shape index (κ3) is 5.55. The molecule has 1 amide bonds. The van der Waals surface area contributed by atoms with Crippen LogP contribution in [0.2, 0.25) is 0 Å². The van der Waals surface area contributed by atoms with E-state index in [9.17, 15) is 13.6 Å². The minimum atomic E-state index is -1.24. The predicted octanol–water partition coefficient (Wildman–Crippen LogP) is 4.18. The van der Waals surface area contributed by atoms with Crippen molar-refractivity contribution in [1.82, 2.24) is 14.9 Å². The van der Waals surface area contributed by atoms with E-state index in [1.807, 2.05) is 16.8 Å². The van der Waals surface area contributed by atoms with Crippen LogP contribution in [0, 0.1) is 17.5 Å². The fourth-order valence-corrected chi connectivity index (χ4v) is 5.00. The maximum Gasteiger partial charge on any atom is 0.258 e. The van der Waals surface area contributed by atoms with Crippen molar-refractivity contribution in [2.75, 3.05) is 61.6 Å². The molecule has 1 aromatic heterocycles. The van der Waals surface area contributed by atoms with Gasteiger partial charge in [-0.1, -0.05) is 6.07 Å². The molecule has 1 N–H and O–H groups in total. The predicted molar refractivity (Wildman–Crippen MR) is 144 cm³/mol. The van der Waals surface area contributed by atoms with Crippen molar-refractivity contribution in [2.45, 2.75) is 25.9 Å². The molecule has 2 unspecified atom stereocenters. The number of hydrogen-bond donors (Lipinski definition) is 1. The second-order valence-corrected chi connectivity index (χ2v) is 10.0. The molecule has 2 aliphatic rings. The summed E-state index contributed by atoms with van der Waals surface area (Å²) in [6.07, 6.45) is 3.07. The van der Waals surface area contributed by atoms with Gasteiger partial charge in [-0.2, -0.15) is 0 Å². The van der Waals surface area contributed by atoms with Gasteiger partial charge < -0.3 is 19.9 Å². The largest absolute Gasteiger partial charge is 0.378 e. The highest BCUT2D eigenvalue weighted by Gasteiger charge is 2.29. The summed E-state index contributed by atoms with van der Waals surface area (Å²) in [5.74, 6) is -3.19. The highest BCUT2D eigenvalue weighted by Crippen LogP contribution is 2.36. The maximum atomic E-state index is 15.6. The van der Waals surface area contributed by atoms with Crippen LogP contribution < -0.4 is 15.1 Å². The lowest BCUT2D eigenvalue weighted by Crippen LogP contribution is -2.55. The van der Waals surface area contributed by atoms with Gasteiger partial charge in [0.05, 0.1) is 30.2 Å². The molecule has 2 aliphatic heterocycles. The van der Waals surface area contributed by atoms with E-state index in [0.717, 1.165) is 6.07 Å². The van der Waals surface area contributed by atoms with Crippen molar-refractivity contribution in [3.63, 3.8) is 0 Å². The highest BCUT2D eigenvalue weighted by atomic mass is 19.2. The number of benzene rings is 2. The summed E-state index contributed by atoms with van der Waals surface area (Å²) in [4.78, 5) is 28.1. The second-order valence-electron chi connectivity index (χ2n) is 10.0. The molecule has 2 saturated heterocycles. The van der Waals surface area contributed by atoms with E-state index in [-0.39, 0.29) is 23.3 Å². The zero-order valence-corrected chi connectivity index (χ0v) is 22.1. The fraction of sp³-hybridized carbons (Fsp3) is 0.393. The third-order valence-electron chi connectivity index (χ3n) is 7.47. The first-order valence-electron chi connectivity index (χ1n) is 12.9. The number of hydrogen-bond acceptors (Lipinski definition) is 7. The molecule has 0 bridgehead atoms. The van der Waals surface area contributed by atoms with Gasteiger partial charge in [0.15, 0.2) is 11.6 Å². The number of nitrogens with one attached hydrogen (secondary N) is 1. The van der Waals surface area contributed by atoms with Gasteiger partial charge in [0.25, 0.3) is 5.91 Å². The van der Waals surface area contributed by atoms with E-state index in [1.54, 1.807) is 0 Å². The molecule has 3 heterocycles. The first-order chi connectivity index (χ1) is 18.7. The molecule has 39 heavy (non-hydrogen) atoms. The average Bonchev–Trinajstić information content (AvgIpc) is 2.94. The number of carbonyl (C=O) groups is 1. The molecule has 5 rings (SSSR count). The van der Waals surface area contributed by atoms with Crippen molar-refractivity contribution in [3.8, 4) is 11.1 Å². The van der Waals surface area contributed by atoms with Crippen LogP contribution in [0.3, 0.4) is 0 Å². The Bertz CT molecular complexity index is 1340. The normalized spacial score (nSPS) is 20.3. The Hall–Kier alpha value is -3.70. The van der Waals surface area contributed by atoms with Crippen LogP contribution in [0.5, 0.6) is 0 Å². The molecule has 8 nitrogen and oxygen atoms in total. The minimum absolute atomic E-state index is 0.168. The number of rotatable bonds is 5. The summed E-state index contributed by atoms with van der Waals surface area (Å²) >= 11 is 0. The number of nitrogens with zero attached hydrogens (tertiary/aromatic N) is 5. The second kappa shape index (κ2) is 11.2. The average molecular weight is 541 g/mol. The molecular weight excluding hydrogens is 509 g/mol. The molecule has 0 aliphatic carbocycles. The quantitative estimate of drug-likeness (QED) is 0.521. The number of anilines is 3. The number of aromatic nitrogens is 2. The van der Waals surface area contributed by atoms with Gasteiger partial charge in [-0.15, -0.1) is 0 Å². The Morgan fingerprint density at radius 3 is 2.31 bits per heavy atom.